The second-order valence-corrected chi connectivity index (χ2v) is 6.84. The molecule has 1 saturated carbocycles. The van der Waals surface area contributed by atoms with Gasteiger partial charge < -0.3 is 15.3 Å². The largest absolute Gasteiger partial charge is 0.481 e. The van der Waals surface area contributed by atoms with Crippen molar-refractivity contribution in [1.29, 1.82) is 0 Å². The topological polar surface area (TPSA) is 94.8 Å². The molecule has 0 unspecified atom stereocenters. The maximum Gasteiger partial charge on any atom is 0.303 e. The Morgan fingerprint density at radius 3 is 2.41 bits per heavy atom. The number of ketones is 1. The number of carbonyl (C=O) groups is 2. The number of carbonyl (C=O) groups excluding carboxylic acids is 1. The smallest absolute Gasteiger partial charge is 0.303 e. The molecule has 0 aliphatic heterocycles. The van der Waals surface area contributed by atoms with Crippen LogP contribution in [0.2, 0.25) is 0 Å². The first kappa shape index (κ1) is 23.1. The lowest BCUT2D eigenvalue weighted by atomic mass is 9.90. The Bertz CT molecular complexity index is 573. The monoisotopic (exact) mass is 376 g/mol. The molecular formula is C22H32O5. The highest BCUT2D eigenvalue weighted by Crippen LogP contribution is 2.33. The number of aliphatic hydroxyl groups is 2. The molecule has 0 aromatic heterocycles. The average molecular weight is 376 g/mol. The van der Waals surface area contributed by atoms with Crippen LogP contribution in [0, 0.1) is 11.8 Å². The van der Waals surface area contributed by atoms with Crippen LogP contribution < -0.4 is 0 Å². The normalized spacial score (nSPS) is 24.9. The predicted molar refractivity (Wildman–Crippen MR) is 106 cm³/mol. The molecule has 0 spiro atoms. The van der Waals surface area contributed by atoms with Crippen LogP contribution >= 0.6 is 0 Å². The first-order chi connectivity index (χ1) is 13.0. The molecule has 27 heavy (non-hydrogen) atoms. The molecule has 5 nitrogen and oxygen atoms in total. The standard InChI is InChI=1S/C22H32O5/c1-2-17(23)14-15-19-18(20(24)16-21(19)25)12-10-8-6-4-3-5-7-9-11-13-22(26)27/h3-4,7-10,14-15,17-20,23-24H,2,5-6,11-13,16H2,1H3,(H,26,27)/b4-3-,9-7-,10-8-,15-14+/t17-,18-,19-,20+/m1/s1. The second kappa shape index (κ2) is 13.2. The molecular weight excluding hydrogens is 344 g/mol. The molecule has 0 bridgehead atoms. The lowest BCUT2D eigenvalue weighted by Gasteiger charge is -2.16. The minimum absolute atomic E-state index is 0.0371. The van der Waals surface area contributed by atoms with Gasteiger partial charge in [-0.05, 0) is 32.1 Å². The van der Waals surface area contributed by atoms with Crippen molar-refractivity contribution in [3.8, 4) is 0 Å². The van der Waals surface area contributed by atoms with Crippen LogP contribution in [0.25, 0.3) is 0 Å². The Morgan fingerprint density at radius 1 is 1.15 bits per heavy atom. The van der Waals surface area contributed by atoms with Crippen LogP contribution in [0.1, 0.15) is 51.9 Å². The minimum Gasteiger partial charge on any atom is -0.481 e. The van der Waals surface area contributed by atoms with Gasteiger partial charge in [0.2, 0.25) is 0 Å². The van der Waals surface area contributed by atoms with E-state index in [1.54, 1.807) is 12.2 Å². The van der Waals surface area contributed by atoms with E-state index in [2.05, 4.69) is 0 Å². The number of carboxylic acid groups (broad SMARTS) is 1. The molecule has 150 valence electrons. The third-order valence-corrected chi connectivity index (χ3v) is 4.67. The lowest BCUT2D eigenvalue weighted by Crippen LogP contribution is -2.19. The summed E-state index contributed by atoms with van der Waals surface area (Å²) < 4.78 is 0. The molecule has 0 aromatic rings. The van der Waals surface area contributed by atoms with E-state index in [0.717, 1.165) is 12.8 Å². The summed E-state index contributed by atoms with van der Waals surface area (Å²) in [7, 11) is 0. The molecule has 0 radical (unpaired) electrons. The highest BCUT2D eigenvalue weighted by molar-refractivity contribution is 5.86. The summed E-state index contributed by atoms with van der Waals surface area (Å²) in [4.78, 5) is 22.4. The van der Waals surface area contributed by atoms with Gasteiger partial charge in [-0.15, -0.1) is 0 Å². The molecule has 0 aromatic carbocycles. The van der Waals surface area contributed by atoms with Gasteiger partial charge in [-0.1, -0.05) is 55.5 Å². The van der Waals surface area contributed by atoms with Gasteiger partial charge in [-0.2, -0.15) is 0 Å². The van der Waals surface area contributed by atoms with Crippen molar-refractivity contribution < 1.29 is 24.9 Å². The van der Waals surface area contributed by atoms with Crippen molar-refractivity contribution in [2.45, 2.75) is 64.1 Å². The zero-order chi connectivity index (χ0) is 20.1. The first-order valence-electron chi connectivity index (χ1n) is 9.69. The molecule has 1 aliphatic rings. The van der Waals surface area contributed by atoms with Gasteiger partial charge in [-0.25, -0.2) is 0 Å². The van der Waals surface area contributed by atoms with Crippen molar-refractivity contribution in [2.24, 2.45) is 11.8 Å². The molecule has 1 fully saturated rings. The number of hydrogen-bond donors (Lipinski definition) is 3. The number of carboxylic acids is 1. The summed E-state index contributed by atoms with van der Waals surface area (Å²) in [6.45, 7) is 1.87. The summed E-state index contributed by atoms with van der Waals surface area (Å²) in [5.74, 6) is -1.20. The number of aliphatic hydroxyl groups excluding tert-OH is 2. The summed E-state index contributed by atoms with van der Waals surface area (Å²) in [5, 5.41) is 28.3. The molecule has 5 heteroatoms. The minimum atomic E-state index is -0.784. The number of aliphatic carboxylic acids is 1. The van der Waals surface area contributed by atoms with Crippen LogP contribution in [-0.2, 0) is 9.59 Å². The Balaban J connectivity index is 2.35. The number of hydrogen-bond acceptors (Lipinski definition) is 4. The van der Waals surface area contributed by atoms with Crippen molar-refractivity contribution in [2.75, 3.05) is 0 Å². The van der Waals surface area contributed by atoms with E-state index in [1.165, 1.54) is 0 Å². The second-order valence-electron chi connectivity index (χ2n) is 6.84. The summed E-state index contributed by atoms with van der Waals surface area (Å²) >= 11 is 0. The van der Waals surface area contributed by atoms with Crippen molar-refractivity contribution in [3.63, 3.8) is 0 Å². The van der Waals surface area contributed by atoms with E-state index in [-0.39, 0.29) is 30.5 Å². The van der Waals surface area contributed by atoms with Crippen LogP contribution in [-0.4, -0.2) is 39.3 Å². The molecule has 3 N–H and O–H groups in total. The molecule has 1 rings (SSSR count). The maximum absolute atomic E-state index is 12.0. The lowest BCUT2D eigenvalue weighted by molar-refractivity contribution is -0.136. The van der Waals surface area contributed by atoms with Gasteiger partial charge in [-0.3, -0.25) is 9.59 Å². The predicted octanol–water partition coefficient (Wildman–Crippen LogP) is 3.58. The van der Waals surface area contributed by atoms with Gasteiger partial charge >= 0.3 is 5.97 Å². The van der Waals surface area contributed by atoms with E-state index in [0.29, 0.717) is 19.3 Å². The van der Waals surface area contributed by atoms with E-state index < -0.39 is 18.2 Å². The van der Waals surface area contributed by atoms with Gasteiger partial charge in [0.25, 0.3) is 0 Å². The van der Waals surface area contributed by atoms with Crippen LogP contribution in [0.15, 0.2) is 48.6 Å². The fourth-order valence-electron chi connectivity index (χ4n) is 3.03. The average Bonchev–Trinajstić information content (AvgIpc) is 2.90. The van der Waals surface area contributed by atoms with Crippen LogP contribution in [0.4, 0.5) is 0 Å². The van der Waals surface area contributed by atoms with Crippen LogP contribution in [0.5, 0.6) is 0 Å². The first-order valence-corrected chi connectivity index (χ1v) is 9.69. The zero-order valence-electron chi connectivity index (χ0n) is 16.0. The highest BCUT2D eigenvalue weighted by atomic mass is 16.4. The van der Waals surface area contributed by atoms with Gasteiger partial charge in [0.15, 0.2) is 0 Å². The number of rotatable bonds is 12. The zero-order valence-corrected chi connectivity index (χ0v) is 16.0. The SMILES string of the molecule is CC[C@@H](O)/C=C/[C@H]1C(=O)C[C@H](O)[C@@H]1C/C=C\C/C=C\C/C=C\CCC(=O)O. The van der Waals surface area contributed by atoms with Crippen LogP contribution in [0.3, 0.4) is 0 Å². The van der Waals surface area contributed by atoms with E-state index >= 15 is 0 Å². The molecule has 0 heterocycles. The van der Waals surface area contributed by atoms with E-state index in [9.17, 15) is 19.8 Å². The van der Waals surface area contributed by atoms with Crippen molar-refractivity contribution in [3.05, 3.63) is 48.6 Å². The van der Waals surface area contributed by atoms with Gasteiger partial charge in [0, 0.05) is 24.7 Å². The summed E-state index contributed by atoms with van der Waals surface area (Å²) in [6.07, 6.45) is 17.8. The number of Topliss-reactive ketones (excluding diaryl/α,β-unsaturated/α-hetero) is 1. The van der Waals surface area contributed by atoms with Crippen molar-refractivity contribution >= 4 is 11.8 Å². The van der Waals surface area contributed by atoms with Crippen molar-refractivity contribution in [1.82, 2.24) is 0 Å². The maximum atomic E-state index is 12.0. The fourth-order valence-corrected chi connectivity index (χ4v) is 3.03. The van der Waals surface area contributed by atoms with Gasteiger partial charge in [0.05, 0.1) is 12.2 Å². The third-order valence-electron chi connectivity index (χ3n) is 4.67. The Hall–Kier alpha value is -1.98. The quantitative estimate of drug-likeness (QED) is 0.453. The molecule has 1 aliphatic carbocycles. The highest BCUT2D eigenvalue weighted by Gasteiger charge is 2.39. The third kappa shape index (κ3) is 9.50. The fraction of sp³-hybridized carbons (Fsp3) is 0.545. The Morgan fingerprint density at radius 2 is 1.78 bits per heavy atom. The van der Waals surface area contributed by atoms with E-state index in [1.807, 2.05) is 43.4 Å². The Kier molecular flexibility index (Phi) is 11.3. The number of allylic oxidation sites excluding steroid dienone is 7. The van der Waals surface area contributed by atoms with E-state index in [4.69, 9.17) is 5.11 Å². The van der Waals surface area contributed by atoms with Gasteiger partial charge in [0.1, 0.15) is 5.78 Å². The summed E-state index contributed by atoms with van der Waals surface area (Å²) in [5.41, 5.74) is 0. The molecule has 4 atom stereocenters. The summed E-state index contributed by atoms with van der Waals surface area (Å²) in [6, 6.07) is 0. The molecule has 0 amide bonds. The Labute approximate surface area is 161 Å². The molecule has 0 saturated heterocycles.